The molecule has 1 saturated carbocycles. The number of fused-ring (bicyclic) bond motifs is 6. The van der Waals surface area contributed by atoms with Crippen LogP contribution in [0.4, 0.5) is 16.2 Å². The Balaban J connectivity index is 1.17. The van der Waals surface area contributed by atoms with Gasteiger partial charge >= 0.3 is 6.03 Å². The molecule has 2 unspecified atom stereocenters. The highest BCUT2D eigenvalue weighted by atomic mass is 16.6. The van der Waals surface area contributed by atoms with Crippen LogP contribution in [0.15, 0.2) is 60.8 Å². The van der Waals surface area contributed by atoms with Gasteiger partial charge in [-0.15, -0.1) is 0 Å². The summed E-state index contributed by atoms with van der Waals surface area (Å²) in [5, 5.41) is 43.0. The van der Waals surface area contributed by atoms with Crippen LogP contribution in [0.2, 0.25) is 0 Å². The van der Waals surface area contributed by atoms with Gasteiger partial charge in [-0.05, 0) is 91.9 Å². The quantitative estimate of drug-likeness (QED) is 0.0481. The first-order chi connectivity index (χ1) is 30.9. The molecular formula is C49H58N6O10. The highest BCUT2D eigenvalue weighted by molar-refractivity contribution is 6.02. The van der Waals surface area contributed by atoms with E-state index < -0.39 is 21.8 Å². The summed E-state index contributed by atoms with van der Waals surface area (Å²) >= 11 is 0. The molecule has 0 saturated heterocycles. The predicted octanol–water partition coefficient (Wildman–Crippen LogP) is 10.8. The molecule has 1 aromatic heterocycles. The molecule has 2 atom stereocenters. The van der Waals surface area contributed by atoms with Crippen molar-refractivity contribution in [2.75, 3.05) is 26.8 Å². The number of amides is 2. The van der Waals surface area contributed by atoms with Crippen LogP contribution in [-0.4, -0.2) is 68.4 Å². The van der Waals surface area contributed by atoms with Gasteiger partial charge in [0.25, 0.3) is 17.3 Å². The summed E-state index contributed by atoms with van der Waals surface area (Å²) in [6.07, 6.45) is 6.25. The van der Waals surface area contributed by atoms with Crippen molar-refractivity contribution in [3.05, 3.63) is 114 Å². The number of nitro groups is 2. The standard InChI is InChI=1S/C49H58N6O10/c1-9-48(4,5)33-15-19-39(36(26-33)49(6,7)10-2)64-22-12-21-50-46(57)42-43(56)40-29-13-14-30(23-29)41(40)44(63-8)45(42)65-38-20-17-35(55(61)62)25-32(38)28-52(11-3)47(58)53-37-18-16-34(54(59)60)24-31(37)27-51-53/h15-20,24-27,29-30,56H,9-14,21-23,28H2,1-8H3,(H,50,57). The van der Waals surface area contributed by atoms with Gasteiger partial charge in [-0.3, -0.25) is 25.0 Å². The Labute approximate surface area is 378 Å². The third-order valence-corrected chi connectivity index (χ3v) is 13.7. The first-order valence-corrected chi connectivity index (χ1v) is 22.3. The number of carbonyl (C=O) groups excluding carboxylic acids is 2. The molecule has 2 N–H and O–H groups in total. The maximum Gasteiger partial charge on any atom is 0.345 e. The molecule has 65 heavy (non-hydrogen) atoms. The number of phenols is 1. The minimum atomic E-state index is -0.597. The van der Waals surface area contributed by atoms with Crippen molar-refractivity contribution >= 4 is 34.2 Å². The third-order valence-electron chi connectivity index (χ3n) is 13.7. The van der Waals surface area contributed by atoms with E-state index in [9.17, 15) is 34.9 Å². The first-order valence-electron chi connectivity index (χ1n) is 22.3. The topological polar surface area (TPSA) is 201 Å². The van der Waals surface area contributed by atoms with Gasteiger partial charge in [0.2, 0.25) is 0 Å². The lowest BCUT2D eigenvalue weighted by Crippen LogP contribution is -2.34. The molecule has 0 spiro atoms. The monoisotopic (exact) mass is 890 g/mol. The fraction of sp³-hybridized carbons (Fsp3) is 0.449. The Morgan fingerprint density at radius 3 is 2.22 bits per heavy atom. The maximum absolute atomic E-state index is 14.4. The number of non-ortho nitro benzene ring substituents is 2. The largest absolute Gasteiger partial charge is 0.507 e. The van der Waals surface area contributed by atoms with Crippen LogP contribution in [0.25, 0.3) is 10.9 Å². The van der Waals surface area contributed by atoms with Crippen molar-refractivity contribution in [3.63, 3.8) is 0 Å². The van der Waals surface area contributed by atoms with Gasteiger partial charge in [0.05, 0.1) is 41.8 Å². The van der Waals surface area contributed by atoms with Gasteiger partial charge in [-0.1, -0.05) is 53.7 Å². The highest BCUT2D eigenvalue weighted by Crippen LogP contribution is 2.62. The number of aromatic nitrogens is 2. The fourth-order valence-corrected chi connectivity index (χ4v) is 9.06. The Morgan fingerprint density at radius 1 is 0.892 bits per heavy atom. The number of nitrogens with one attached hydrogen (secondary N) is 1. The van der Waals surface area contributed by atoms with Crippen molar-refractivity contribution in [3.8, 4) is 28.7 Å². The van der Waals surface area contributed by atoms with Crippen LogP contribution in [0.1, 0.15) is 137 Å². The lowest BCUT2D eigenvalue weighted by Gasteiger charge is -2.30. The van der Waals surface area contributed by atoms with Crippen molar-refractivity contribution in [1.82, 2.24) is 20.0 Å². The van der Waals surface area contributed by atoms with E-state index in [0.29, 0.717) is 35.2 Å². The number of aromatic hydroxyl groups is 1. The van der Waals surface area contributed by atoms with E-state index in [1.165, 1.54) is 60.2 Å². The molecular weight excluding hydrogens is 833 g/mol. The molecule has 4 aromatic carbocycles. The summed E-state index contributed by atoms with van der Waals surface area (Å²) in [6, 6.07) is 13.8. The molecule has 1 fully saturated rings. The zero-order valence-electron chi connectivity index (χ0n) is 38.4. The number of hydrogen-bond donors (Lipinski definition) is 2. The van der Waals surface area contributed by atoms with Gasteiger partial charge in [0.15, 0.2) is 11.5 Å². The molecule has 2 amide bonds. The van der Waals surface area contributed by atoms with Gasteiger partial charge in [-0.25, -0.2) is 4.79 Å². The maximum atomic E-state index is 14.4. The van der Waals surface area contributed by atoms with E-state index >= 15 is 0 Å². The number of methoxy groups -OCH3 is 1. The minimum Gasteiger partial charge on any atom is -0.507 e. The molecule has 16 nitrogen and oxygen atoms in total. The normalized spacial score (nSPS) is 15.4. The number of nitrogens with zero attached hydrogens (tertiary/aromatic N) is 5. The Kier molecular flexibility index (Phi) is 13.1. The number of phenolic OH excluding ortho intramolecular Hbond substituents is 1. The van der Waals surface area contributed by atoms with Crippen molar-refractivity contribution in [1.29, 1.82) is 0 Å². The summed E-state index contributed by atoms with van der Waals surface area (Å²) in [4.78, 5) is 52.1. The van der Waals surface area contributed by atoms with E-state index in [2.05, 4.69) is 64.1 Å². The summed E-state index contributed by atoms with van der Waals surface area (Å²) in [6.45, 7) is 15.5. The Bertz CT molecular complexity index is 2670. The number of nitro benzene ring substituents is 2. The van der Waals surface area contributed by atoms with Crippen LogP contribution in [0.5, 0.6) is 28.7 Å². The first kappa shape index (κ1) is 46.3. The molecule has 0 radical (unpaired) electrons. The summed E-state index contributed by atoms with van der Waals surface area (Å²) < 4.78 is 20.1. The number of carbonyl (C=O) groups is 2. The molecule has 16 heteroatoms. The molecule has 2 aliphatic rings. The van der Waals surface area contributed by atoms with E-state index in [1.807, 2.05) is 6.07 Å². The second-order valence-corrected chi connectivity index (χ2v) is 18.3. The van der Waals surface area contributed by atoms with Crippen molar-refractivity contribution < 1.29 is 38.8 Å². The van der Waals surface area contributed by atoms with Gasteiger partial charge in [-0.2, -0.15) is 9.78 Å². The minimum absolute atomic E-state index is 0.0108. The SMILES string of the molecule is CCN(Cc1cc([N+](=O)[O-])ccc1Oc1c(OC)c2c(c(O)c1C(=O)NCCCOc1ccc(C(C)(C)CC)cc1C(C)(C)CC)C1CCC2C1)C(=O)n1ncc2cc([N+](=O)[O-])ccc21. The zero-order valence-corrected chi connectivity index (χ0v) is 38.4. The number of hydrogen-bond acceptors (Lipinski definition) is 11. The van der Waals surface area contributed by atoms with Gasteiger partial charge in [0, 0.05) is 65.0 Å². The smallest absolute Gasteiger partial charge is 0.345 e. The number of benzene rings is 4. The van der Waals surface area contributed by atoms with Crippen LogP contribution in [0, 0.1) is 20.2 Å². The van der Waals surface area contributed by atoms with E-state index in [0.717, 1.165) is 53.7 Å². The third kappa shape index (κ3) is 8.90. The fourth-order valence-electron chi connectivity index (χ4n) is 9.06. The van der Waals surface area contributed by atoms with E-state index in [-0.39, 0.29) is 82.1 Å². The molecule has 2 aliphatic carbocycles. The van der Waals surface area contributed by atoms with Crippen LogP contribution in [-0.2, 0) is 17.4 Å². The van der Waals surface area contributed by atoms with E-state index in [1.54, 1.807) is 6.92 Å². The lowest BCUT2D eigenvalue weighted by molar-refractivity contribution is -0.385. The Morgan fingerprint density at radius 2 is 1.55 bits per heavy atom. The zero-order chi connectivity index (χ0) is 47.0. The van der Waals surface area contributed by atoms with E-state index in [4.69, 9.17) is 14.2 Å². The summed E-state index contributed by atoms with van der Waals surface area (Å²) in [5.74, 6) is 0.462. The van der Waals surface area contributed by atoms with Crippen LogP contribution in [0.3, 0.4) is 0 Å². The molecule has 7 rings (SSSR count). The van der Waals surface area contributed by atoms with Crippen LogP contribution < -0.4 is 19.5 Å². The predicted molar refractivity (Wildman–Crippen MR) is 246 cm³/mol. The molecule has 0 aliphatic heterocycles. The molecule has 2 bridgehead atoms. The molecule has 344 valence electrons. The van der Waals surface area contributed by atoms with Crippen LogP contribution >= 0.6 is 0 Å². The van der Waals surface area contributed by atoms with Crippen molar-refractivity contribution in [2.24, 2.45) is 0 Å². The summed E-state index contributed by atoms with van der Waals surface area (Å²) in [7, 11) is 1.48. The highest BCUT2D eigenvalue weighted by Gasteiger charge is 2.45. The lowest BCUT2D eigenvalue weighted by atomic mass is 9.76. The second kappa shape index (κ2) is 18.4. The average molecular weight is 891 g/mol. The van der Waals surface area contributed by atoms with Gasteiger partial charge < -0.3 is 29.5 Å². The summed E-state index contributed by atoms with van der Waals surface area (Å²) in [5.41, 5.74) is 3.73. The van der Waals surface area contributed by atoms with Crippen molar-refractivity contribution in [2.45, 2.75) is 116 Å². The number of ether oxygens (including phenoxy) is 3. The molecule has 5 aromatic rings. The molecule has 1 heterocycles. The van der Waals surface area contributed by atoms with Gasteiger partial charge in [0.1, 0.15) is 22.8 Å². The second-order valence-electron chi connectivity index (χ2n) is 18.3. The Hall–Kier alpha value is -6.71. The average Bonchev–Trinajstić information content (AvgIpc) is 4.04. The number of rotatable bonds is 18.